The molecule has 2 aromatic carbocycles. The van der Waals surface area contributed by atoms with Gasteiger partial charge in [0, 0.05) is 27.4 Å². The van der Waals surface area contributed by atoms with Gasteiger partial charge >= 0.3 is 0 Å². The van der Waals surface area contributed by atoms with Crippen LogP contribution in [0, 0.1) is 6.92 Å². The number of aryl methyl sites for hydroxylation is 1. The lowest BCUT2D eigenvalue weighted by Gasteiger charge is -2.24. The molecule has 3 heterocycles. The number of hydrogen-bond acceptors (Lipinski definition) is 4. The average molecular weight is 474 g/mol. The molecule has 0 bridgehead atoms. The van der Waals surface area contributed by atoms with Crippen molar-refractivity contribution in [2.45, 2.75) is 19.3 Å². The van der Waals surface area contributed by atoms with Crippen LogP contribution in [0.2, 0.25) is 5.02 Å². The van der Waals surface area contributed by atoms with Crippen molar-refractivity contribution in [2.24, 2.45) is 0 Å². The van der Waals surface area contributed by atoms with Gasteiger partial charge in [0.15, 0.2) is 0 Å². The normalized spacial score (nSPS) is 16.2. The van der Waals surface area contributed by atoms with Gasteiger partial charge in [-0.05, 0) is 36.8 Å². The summed E-state index contributed by atoms with van der Waals surface area (Å²) in [6, 6.07) is 13.6. The van der Waals surface area contributed by atoms with Gasteiger partial charge in [-0.25, -0.2) is 4.98 Å². The minimum Gasteiger partial charge on any atom is -0.310 e. The number of fused-ring (bicyclic) bond motifs is 2. The number of aromatic nitrogens is 3. The summed E-state index contributed by atoms with van der Waals surface area (Å²) in [7, 11) is 0. The molecule has 1 atom stereocenters. The molecule has 1 amide bonds. The molecule has 0 saturated carbocycles. The maximum Gasteiger partial charge on any atom is 0.226 e. The molecule has 140 valence electrons. The molecule has 0 aliphatic carbocycles. The minimum absolute atomic E-state index is 0.0533. The number of hydrogen-bond donors (Lipinski definition) is 1. The second-order valence-electron chi connectivity index (χ2n) is 6.69. The summed E-state index contributed by atoms with van der Waals surface area (Å²) in [6.45, 7) is 1.96. The molecule has 0 fully saturated rings. The zero-order chi connectivity index (χ0) is 19.4. The third kappa shape index (κ3) is 2.85. The number of amides is 1. The van der Waals surface area contributed by atoms with Gasteiger partial charge in [0.1, 0.15) is 5.82 Å². The van der Waals surface area contributed by atoms with E-state index in [0.717, 1.165) is 36.6 Å². The van der Waals surface area contributed by atoms with Crippen LogP contribution >= 0.6 is 38.9 Å². The maximum absolute atomic E-state index is 12.5. The fourth-order valence-electron chi connectivity index (χ4n) is 3.69. The van der Waals surface area contributed by atoms with Crippen LogP contribution in [-0.4, -0.2) is 20.7 Å². The monoisotopic (exact) mass is 472 g/mol. The summed E-state index contributed by atoms with van der Waals surface area (Å²) in [4.78, 5) is 17.2. The van der Waals surface area contributed by atoms with Crippen molar-refractivity contribution in [1.29, 1.82) is 0 Å². The van der Waals surface area contributed by atoms with Gasteiger partial charge in [-0.2, -0.15) is 9.78 Å². The van der Waals surface area contributed by atoms with Crippen molar-refractivity contribution < 1.29 is 4.79 Å². The first kappa shape index (κ1) is 17.8. The van der Waals surface area contributed by atoms with Gasteiger partial charge < -0.3 is 5.32 Å². The second kappa shape index (κ2) is 6.69. The fourth-order valence-corrected chi connectivity index (χ4v) is 5.43. The highest BCUT2D eigenvalue weighted by atomic mass is 79.9. The van der Waals surface area contributed by atoms with Crippen molar-refractivity contribution in [3.63, 3.8) is 0 Å². The zero-order valence-corrected chi connectivity index (χ0v) is 17.9. The van der Waals surface area contributed by atoms with Crippen LogP contribution in [0.25, 0.3) is 15.3 Å². The predicted octanol–water partition coefficient (Wildman–Crippen LogP) is 5.68. The Morgan fingerprint density at radius 2 is 2.11 bits per heavy atom. The highest BCUT2D eigenvalue weighted by Gasteiger charge is 2.34. The van der Waals surface area contributed by atoms with E-state index in [4.69, 9.17) is 21.7 Å². The molecule has 0 spiro atoms. The predicted molar refractivity (Wildman–Crippen MR) is 116 cm³/mol. The van der Waals surface area contributed by atoms with Crippen molar-refractivity contribution in [1.82, 2.24) is 14.8 Å². The average Bonchev–Trinajstić information content (AvgIpc) is 3.22. The number of rotatable bonds is 2. The Bertz CT molecular complexity index is 1250. The Kier molecular flexibility index (Phi) is 4.26. The van der Waals surface area contributed by atoms with E-state index in [0.29, 0.717) is 17.3 Å². The van der Waals surface area contributed by atoms with Crippen LogP contribution in [0.3, 0.4) is 0 Å². The molecule has 1 aliphatic rings. The van der Waals surface area contributed by atoms with Crippen LogP contribution in [0.5, 0.6) is 0 Å². The van der Waals surface area contributed by atoms with Crippen molar-refractivity contribution in [3.05, 3.63) is 68.8 Å². The molecular formula is C20H14BrClN4OS. The lowest BCUT2D eigenvalue weighted by Crippen LogP contribution is -2.25. The maximum atomic E-state index is 12.5. The Morgan fingerprint density at radius 3 is 2.93 bits per heavy atom. The van der Waals surface area contributed by atoms with E-state index < -0.39 is 0 Å². The van der Waals surface area contributed by atoms with Crippen molar-refractivity contribution in [3.8, 4) is 5.13 Å². The standard InChI is InChI=1S/C20H14BrClN4OS/c1-10-18-13(12-4-2-3-5-14(12)22)9-17(27)24-19(18)26(25-10)20-23-15-7-6-11(21)8-16(15)28-20/h2-8,13H,9H2,1H3,(H,24,27)/t13-/m0/s1. The third-order valence-corrected chi connectivity index (χ3v) is 6.73. The number of anilines is 1. The molecule has 0 saturated heterocycles. The first-order chi connectivity index (χ1) is 13.5. The van der Waals surface area contributed by atoms with Crippen LogP contribution < -0.4 is 5.32 Å². The van der Waals surface area contributed by atoms with Gasteiger partial charge in [0.05, 0.1) is 15.9 Å². The molecule has 0 radical (unpaired) electrons. The molecular weight excluding hydrogens is 460 g/mol. The number of carbonyl (C=O) groups is 1. The smallest absolute Gasteiger partial charge is 0.226 e. The van der Waals surface area contributed by atoms with E-state index in [1.54, 1.807) is 4.68 Å². The third-order valence-electron chi connectivity index (χ3n) is 4.90. The van der Waals surface area contributed by atoms with E-state index in [2.05, 4.69) is 21.2 Å². The highest BCUT2D eigenvalue weighted by molar-refractivity contribution is 9.10. The SMILES string of the molecule is Cc1nn(-c2nc3ccc(Br)cc3s2)c2c1[C@H](c1ccccc1Cl)CC(=O)N2. The number of nitrogens with one attached hydrogen (secondary N) is 1. The topological polar surface area (TPSA) is 59.8 Å². The first-order valence-corrected chi connectivity index (χ1v) is 10.7. The van der Waals surface area contributed by atoms with E-state index in [9.17, 15) is 4.79 Å². The van der Waals surface area contributed by atoms with E-state index in [1.165, 1.54) is 11.3 Å². The summed E-state index contributed by atoms with van der Waals surface area (Å²) >= 11 is 11.5. The number of halogens is 2. The molecule has 28 heavy (non-hydrogen) atoms. The minimum atomic E-state index is -0.130. The molecule has 0 unspecified atom stereocenters. The van der Waals surface area contributed by atoms with Gasteiger partial charge in [-0.3, -0.25) is 4.79 Å². The van der Waals surface area contributed by atoms with Crippen molar-refractivity contribution >= 4 is 60.8 Å². The quantitative estimate of drug-likeness (QED) is 0.407. The van der Waals surface area contributed by atoms with Gasteiger partial charge in [-0.1, -0.05) is 57.1 Å². The second-order valence-corrected chi connectivity index (χ2v) is 9.03. The summed E-state index contributed by atoms with van der Waals surface area (Å²) < 4.78 is 3.79. The van der Waals surface area contributed by atoms with Crippen molar-refractivity contribution in [2.75, 3.05) is 5.32 Å². The Morgan fingerprint density at radius 1 is 1.29 bits per heavy atom. The molecule has 5 nitrogen and oxygen atoms in total. The lowest BCUT2D eigenvalue weighted by molar-refractivity contribution is -0.116. The van der Waals surface area contributed by atoms with E-state index in [-0.39, 0.29) is 11.8 Å². The lowest BCUT2D eigenvalue weighted by atomic mass is 9.86. The first-order valence-electron chi connectivity index (χ1n) is 8.71. The summed E-state index contributed by atoms with van der Waals surface area (Å²) in [5.74, 6) is 0.494. The Labute approximate surface area is 178 Å². The molecule has 2 aromatic heterocycles. The van der Waals surface area contributed by atoms with Gasteiger partial charge in [0.2, 0.25) is 11.0 Å². The summed E-state index contributed by atoms with van der Waals surface area (Å²) in [5, 5.41) is 9.09. The molecule has 1 aliphatic heterocycles. The Hall–Kier alpha value is -2.22. The molecule has 1 N–H and O–H groups in total. The summed E-state index contributed by atoms with van der Waals surface area (Å²) in [6.07, 6.45) is 0.343. The largest absolute Gasteiger partial charge is 0.310 e. The Balaban J connectivity index is 1.69. The van der Waals surface area contributed by atoms with Gasteiger partial charge in [0.25, 0.3) is 0 Å². The van der Waals surface area contributed by atoms with E-state index in [1.807, 2.05) is 49.4 Å². The molecule has 4 aromatic rings. The zero-order valence-electron chi connectivity index (χ0n) is 14.7. The van der Waals surface area contributed by atoms with Crippen LogP contribution in [0.1, 0.15) is 29.2 Å². The number of thiazole rings is 1. The molecule has 8 heteroatoms. The van der Waals surface area contributed by atoms with Gasteiger partial charge in [-0.15, -0.1) is 0 Å². The van der Waals surface area contributed by atoms with Crippen LogP contribution in [0.15, 0.2) is 46.9 Å². The number of carbonyl (C=O) groups excluding carboxylic acids is 1. The van der Waals surface area contributed by atoms with Crippen LogP contribution in [0.4, 0.5) is 5.82 Å². The fraction of sp³-hybridized carbons (Fsp3) is 0.150. The molecule has 5 rings (SSSR count). The number of benzene rings is 2. The highest BCUT2D eigenvalue weighted by Crippen LogP contribution is 2.43. The number of nitrogens with zero attached hydrogens (tertiary/aromatic N) is 3. The van der Waals surface area contributed by atoms with Crippen LogP contribution in [-0.2, 0) is 4.79 Å². The van der Waals surface area contributed by atoms with E-state index >= 15 is 0 Å². The summed E-state index contributed by atoms with van der Waals surface area (Å²) in [5.41, 5.74) is 3.69.